The van der Waals surface area contributed by atoms with Crippen LogP contribution in [0.5, 0.6) is 0 Å². The van der Waals surface area contributed by atoms with Crippen molar-refractivity contribution in [3.05, 3.63) is 34.9 Å². The quantitative estimate of drug-likeness (QED) is 0.844. The largest absolute Gasteiger partial charge is 0.393 e. The van der Waals surface area contributed by atoms with Gasteiger partial charge in [0.2, 0.25) is 0 Å². The van der Waals surface area contributed by atoms with Gasteiger partial charge in [-0.3, -0.25) is 4.79 Å². The highest BCUT2D eigenvalue weighted by atomic mass is 16.3. The standard InChI is InChI=1S/C16H23NO2/c1-11-5-6-12(2)14(9-11)15(19)17-8-7-13(18)10-16(17,3)4/h5-6,9,13,18H,7-8,10H2,1-4H3. The summed E-state index contributed by atoms with van der Waals surface area (Å²) in [6.45, 7) is 8.65. The number of likely N-dealkylation sites (tertiary alicyclic amines) is 1. The zero-order chi connectivity index (χ0) is 14.2. The average Bonchev–Trinajstić information content (AvgIpc) is 2.30. The molecule has 1 N–H and O–H groups in total. The normalized spacial score (nSPS) is 22.4. The van der Waals surface area contributed by atoms with E-state index in [0.717, 1.165) is 16.7 Å². The van der Waals surface area contributed by atoms with Gasteiger partial charge in [0.25, 0.3) is 5.91 Å². The van der Waals surface area contributed by atoms with E-state index < -0.39 is 0 Å². The molecular weight excluding hydrogens is 238 g/mol. The van der Waals surface area contributed by atoms with Crippen molar-refractivity contribution in [3.63, 3.8) is 0 Å². The second-order valence-corrected chi connectivity index (χ2v) is 6.23. The number of piperidine rings is 1. The van der Waals surface area contributed by atoms with Crippen LogP contribution < -0.4 is 0 Å². The van der Waals surface area contributed by atoms with Gasteiger partial charge in [0, 0.05) is 17.6 Å². The lowest BCUT2D eigenvalue weighted by atomic mass is 9.87. The van der Waals surface area contributed by atoms with Crippen LogP contribution in [0.4, 0.5) is 0 Å². The van der Waals surface area contributed by atoms with Gasteiger partial charge in [-0.15, -0.1) is 0 Å². The van der Waals surface area contributed by atoms with E-state index in [1.165, 1.54) is 0 Å². The van der Waals surface area contributed by atoms with Gasteiger partial charge in [-0.25, -0.2) is 0 Å². The zero-order valence-corrected chi connectivity index (χ0v) is 12.2. The molecule has 1 saturated heterocycles. The summed E-state index contributed by atoms with van der Waals surface area (Å²) in [5.41, 5.74) is 2.61. The van der Waals surface area contributed by atoms with Gasteiger partial charge in [-0.2, -0.15) is 0 Å². The first-order valence-corrected chi connectivity index (χ1v) is 6.88. The molecule has 3 heteroatoms. The number of benzene rings is 1. The van der Waals surface area contributed by atoms with Crippen molar-refractivity contribution in [1.29, 1.82) is 0 Å². The number of carbonyl (C=O) groups is 1. The third-order valence-electron chi connectivity index (χ3n) is 4.02. The molecule has 1 atom stereocenters. The van der Waals surface area contributed by atoms with Crippen LogP contribution in [0.15, 0.2) is 18.2 Å². The van der Waals surface area contributed by atoms with E-state index in [4.69, 9.17) is 0 Å². The fraction of sp³-hybridized carbons (Fsp3) is 0.562. The van der Waals surface area contributed by atoms with E-state index in [0.29, 0.717) is 19.4 Å². The van der Waals surface area contributed by atoms with Gasteiger partial charge in [0.05, 0.1) is 6.10 Å². The third-order valence-corrected chi connectivity index (χ3v) is 4.02. The molecule has 1 unspecified atom stereocenters. The zero-order valence-electron chi connectivity index (χ0n) is 12.2. The van der Waals surface area contributed by atoms with E-state index in [1.807, 2.05) is 50.8 Å². The predicted octanol–water partition coefficient (Wildman–Crippen LogP) is 2.68. The Balaban J connectivity index is 2.31. The highest BCUT2D eigenvalue weighted by Crippen LogP contribution is 2.29. The predicted molar refractivity (Wildman–Crippen MR) is 76.3 cm³/mol. The molecule has 104 valence electrons. The summed E-state index contributed by atoms with van der Waals surface area (Å²) in [4.78, 5) is 14.6. The minimum Gasteiger partial charge on any atom is -0.393 e. The van der Waals surface area contributed by atoms with E-state index >= 15 is 0 Å². The number of aryl methyl sites for hydroxylation is 2. The summed E-state index contributed by atoms with van der Waals surface area (Å²) >= 11 is 0. The van der Waals surface area contributed by atoms with Gasteiger partial charge >= 0.3 is 0 Å². The monoisotopic (exact) mass is 261 g/mol. The highest BCUT2D eigenvalue weighted by molar-refractivity contribution is 5.96. The molecule has 1 aromatic carbocycles. The molecule has 3 nitrogen and oxygen atoms in total. The van der Waals surface area contributed by atoms with Crippen molar-refractivity contribution >= 4 is 5.91 Å². The number of aliphatic hydroxyl groups excluding tert-OH is 1. The maximum Gasteiger partial charge on any atom is 0.254 e. The summed E-state index contributed by atoms with van der Waals surface area (Å²) < 4.78 is 0. The minimum atomic E-state index is -0.294. The van der Waals surface area contributed by atoms with Crippen LogP contribution in [-0.2, 0) is 0 Å². The first-order chi connectivity index (χ1) is 8.81. The molecule has 2 rings (SSSR count). The SMILES string of the molecule is Cc1ccc(C)c(C(=O)N2CCC(O)CC2(C)C)c1. The van der Waals surface area contributed by atoms with Crippen LogP contribution in [0.3, 0.4) is 0 Å². The fourth-order valence-corrected chi connectivity index (χ4v) is 2.86. The van der Waals surface area contributed by atoms with Gasteiger partial charge in [0.15, 0.2) is 0 Å². The summed E-state index contributed by atoms with van der Waals surface area (Å²) in [6, 6.07) is 5.98. The van der Waals surface area contributed by atoms with E-state index in [2.05, 4.69) is 0 Å². The Hall–Kier alpha value is -1.35. The van der Waals surface area contributed by atoms with Crippen molar-refractivity contribution in [1.82, 2.24) is 4.90 Å². The molecule has 1 aliphatic heterocycles. The number of hydrogen-bond donors (Lipinski definition) is 1. The highest BCUT2D eigenvalue weighted by Gasteiger charge is 2.37. The summed E-state index contributed by atoms with van der Waals surface area (Å²) in [5, 5.41) is 9.78. The minimum absolute atomic E-state index is 0.0816. The molecular formula is C16H23NO2. The molecule has 1 amide bonds. The molecule has 0 bridgehead atoms. The molecule has 0 radical (unpaired) electrons. The lowest BCUT2D eigenvalue weighted by Gasteiger charge is -2.44. The number of aliphatic hydroxyl groups is 1. The average molecular weight is 261 g/mol. The lowest BCUT2D eigenvalue weighted by Crippen LogP contribution is -2.54. The number of rotatable bonds is 1. The second kappa shape index (κ2) is 4.97. The Morgan fingerprint density at radius 1 is 1.37 bits per heavy atom. The van der Waals surface area contributed by atoms with Crippen LogP contribution in [0.2, 0.25) is 0 Å². The Morgan fingerprint density at radius 2 is 2.05 bits per heavy atom. The van der Waals surface area contributed by atoms with Crippen LogP contribution in [-0.4, -0.2) is 34.1 Å². The topological polar surface area (TPSA) is 40.5 Å². The van der Waals surface area contributed by atoms with Crippen LogP contribution in [0, 0.1) is 13.8 Å². The first kappa shape index (κ1) is 14.1. The van der Waals surface area contributed by atoms with Crippen molar-refractivity contribution in [2.75, 3.05) is 6.54 Å². The maximum absolute atomic E-state index is 12.7. The molecule has 1 aliphatic rings. The molecule has 19 heavy (non-hydrogen) atoms. The van der Waals surface area contributed by atoms with Crippen molar-refractivity contribution in [2.45, 2.75) is 52.2 Å². The van der Waals surface area contributed by atoms with Gasteiger partial charge in [-0.1, -0.05) is 17.7 Å². The van der Waals surface area contributed by atoms with E-state index in [9.17, 15) is 9.90 Å². The number of amides is 1. The molecule has 0 saturated carbocycles. The smallest absolute Gasteiger partial charge is 0.254 e. The van der Waals surface area contributed by atoms with Crippen molar-refractivity contribution in [2.24, 2.45) is 0 Å². The molecule has 1 aromatic rings. The lowest BCUT2D eigenvalue weighted by molar-refractivity contribution is 0.00325. The fourth-order valence-electron chi connectivity index (χ4n) is 2.86. The summed E-state index contributed by atoms with van der Waals surface area (Å²) in [7, 11) is 0. The van der Waals surface area contributed by atoms with E-state index in [-0.39, 0.29) is 17.6 Å². The molecule has 1 fully saturated rings. The Kier molecular flexibility index (Phi) is 3.68. The van der Waals surface area contributed by atoms with Crippen LogP contribution in [0.1, 0.15) is 48.2 Å². The van der Waals surface area contributed by atoms with Crippen molar-refractivity contribution in [3.8, 4) is 0 Å². The number of carbonyl (C=O) groups excluding carboxylic acids is 1. The Labute approximate surface area is 115 Å². The van der Waals surface area contributed by atoms with Crippen LogP contribution >= 0.6 is 0 Å². The van der Waals surface area contributed by atoms with Gasteiger partial charge in [0.1, 0.15) is 0 Å². The summed E-state index contributed by atoms with van der Waals surface area (Å²) in [6.07, 6.45) is 1.02. The third kappa shape index (κ3) is 2.81. The van der Waals surface area contributed by atoms with Crippen molar-refractivity contribution < 1.29 is 9.90 Å². The van der Waals surface area contributed by atoms with E-state index in [1.54, 1.807) is 0 Å². The van der Waals surface area contributed by atoms with Crippen LogP contribution in [0.25, 0.3) is 0 Å². The van der Waals surface area contributed by atoms with Gasteiger partial charge < -0.3 is 10.0 Å². The maximum atomic E-state index is 12.7. The second-order valence-electron chi connectivity index (χ2n) is 6.23. The molecule has 1 heterocycles. The Morgan fingerprint density at radius 3 is 2.68 bits per heavy atom. The molecule has 0 aromatic heterocycles. The van der Waals surface area contributed by atoms with Gasteiger partial charge in [-0.05, 0) is 52.2 Å². The molecule has 0 aliphatic carbocycles. The number of nitrogens with zero attached hydrogens (tertiary/aromatic N) is 1. The number of hydrogen-bond acceptors (Lipinski definition) is 2. The Bertz CT molecular complexity index is 494. The molecule has 0 spiro atoms. The summed E-state index contributed by atoms with van der Waals surface area (Å²) in [5.74, 6) is 0.0816. The first-order valence-electron chi connectivity index (χ1n) is 6.88.